The van der Waals surface area contributed by atoms with Crippen LogP contribution in [0.1, 0.15) is 36.2 Å². The van der Waals surface area contributed by atoms with Gasteiger partial charge in [-0.1, -0.05) is 47.5 Å². The SMILES string of the molecule is CCOC(=O)N1CCN([C@H](c2ccc(Cl)cc2Cl)c2sc3nc(CC)nn3c2O)CC1. The van der Waals surface area contributed by atoms with Gasteiger partial charge in [-0.05, 0) is 24.6 Å². The van der Waals surface area contributed by atoms with Gasteiger partial charge in [-0.2, -0.15) is 4.52 Å². The Kier molecular flexibility index (Phi) is 6.57. The number of ether oxygens (including phenoxy) is 1. The lowest BCUT2D eigenvalue weighted by Gasteiger charge is -2.38. The summed E-state index contributed by atoms with van der Waals surface area (Å²) in [5, 5.41) is 16.4. The molecule has 1 aliphatic rings. The Morgan fingerprint density at radius 2 is 2.00 bits per heavy atom. The monoisotopic (exact) mass is 483 g/mol. The van der Waals surface area contributed by atoms with Crippen molar-refractivity contribution in [2.45, 2.75) is 26.3 Å². The molecule has 0 radical (unpaired) electrons. The van der Waals surface area contributed by atoms with Crippen LogP contribution in [-0.2, 0) is 11.2 Å². The van der Waals surface area contributed by atoms with E-state index >= 15 is 0 Å². The van der Waals surface area contributed by atoms with Gasteiger partial charge in [0.1, 0.15) is 0 Å². The lowest BCUT2D eigenvalue weighted by molar-refractivity contribution is 0.0715. The van der Waals surface area contributed by atoms with Crippen molar-refractivity contribution in [1.29, 1.82) is 0 Å². The number of carbonyl (C=O) groups excluding carboxylic acids is 1. The number of halogens is 2. The van der Waals surface area contributed by atoms with Crippen LogP contribution in [0.3, 0.4) is 0 Å². The van der Waals surface area contributed by atoms with E-state index in [2.05, 4.69) is 15.0 Å². The zero-order valence-corrected chi connectivity index (χ0v) is 19.5. The summed E-state index contributed by atoms with van der Waals surface area (Å²) >= 11 is 14.1. The number of benzene rings is 1. The second-order valence-electron chi connectivity index (χ2n) is 7.16. The molecule has 166 valence electrons. The maximum absolute atomic E-state index is 12.1. The highest BCUT2D eigenvalue weighted by atomic mass is 35.5. The van der Waals surface area contributed by atoms with Crippen molar-refractivity contribution in [2.24, 2.45) is 0 Å². The third kappa shape index (κ3) is 4.32. The average molecular weight is 484 g/mol. The van der Waals surface area contributed by atoms with Crippen molar-refractivity contribution in [3.05, 3.63) is 44.5 Å². The van der Waals surface area contributed by atoms with Crippen LogP contribution in [0.5, 0.6) is 5.88 Å². The highest BCUT2D eigenvalue weighted by Crippen LogP contribution is 2.42. The second-order valence-corrected chi connectivity index (χ2v) is 9.01. The standard InChI is InChI=1S/C20H23Cl2N5O3S/c1-3-15-23-19-27(24-15)18(28)17(31-19)16(13-6-5-12(21)11-14(13)22)25-7-9-26(10-8-25)20(29)30-4-2/h5-6,11,16,28H,3-4,7-10H2,1-2H3/t16-/m1/s1. The van der Waals surface area contributed by atoms with E-state index in [9.17, 15) is 9.90 Å². The lowest BCUT2D eigenvalue weighted by atomic mass is 10.0. The van der Waals surface area contributed by atoms with E-state index in [0.717, 1.165) is 5.56 Å². The van der Waals surface area contributed by atoms with Crippen LogP contribution in [0.4, 0.5) is 4.79 Å². The molecular weight excluding hydrogens is 461 g/mol. The van der Waals surface area contributed by atoms with Gasteiger partial charge in [-0.25, -0.2) is 9.78 Å². The number of aromatic nitrogens is 3. The first-order chi connectivity index (χ1) is 14.9. The molecule has 1 amide bonds. The van der Waals surface area contributed by atoms with Crippen LogP contribution in [0.25, 0.3) is 4.96 Å². The maximum atomic E-state index is 12.1. The molecule has 31 heavy (non-hydrogen) atoms. The van der Waals surface area contributed by atoms with E-state index in [4.69, 9.17) is 27.9 Å². The van der Waals surface area contributed by atoms with Gasteiger partial charge in [0.05, 0.1) is 17.5 Å². The first-order valence-corrected chi connectivity index (χ1v) is 11.7. The number of aromatic hydroxyl groups is 1. The van der Waals surface area contributed by atoms with Gasteiger partial charge in [0, 0.05) is 42.6 Å². The molecule has 1 atom stereocenters. The Morgan fingerprint density at radius 1 is 1.26 bits per heavy atom. The third-order valence-corrected chi connectivity index (χ3v) is 6.91. The van der Waals surface area contributed by atoms with Crippen LogP contribution in [0.2, 0.25) is 10.0 Å². The van der Waals surface area contributed by atoms with E-state index in [1.54, 1.807) is 24.0 Å². The highest BCUT2D eigenvalue weighted by Gasteiger charge is 2.34. The maximum Gasteiger partial charge on any atom is 0.409 e. The molecule has 0 spiro atoms. The summed E-state index contributed by atoms with van der Waals surface area (Å²) in [5.41, 5.74) is 0.825. The molecule has 4 rings (SSSR count). The molecule has 1 fully saturated rings. The summed E-state index contributed by atoms with van der Waals surface area (Å²) in [6, 6.07) is 5.03. The molecule has 0 unspecified atom stereocenters. The minimum absolute atomic E-state index is 0.0519. The molecule has 0 saturated carbocycles. The fourth-order valence-electron chi connectivity index (χ4n) is 3.72. The molecule has 1 N–H and O–H groups in total. The normalized spacial score (nSPS) is 16.1. The quantitative estimate of drug-likeness (QED) is 0.584. The largest absolute Gasteiger partial charge is 0.492 e. The van der Waals surface area contributed by atoms with E-state index in [1.165, 1.54) is 15.9 Å². The van der Waals surface area contributed by atoms with Crippen molar-refractivity contribution in [1.82, 2.24) is 24.4 Å². The Morgan fingerprint density at radius 3 is 2.61 bits per heavy atom. The molecule has 1 aromatic carbocycles. The molecule has 1 saturated heterocycles. The van der Waals surface area contributed by atoms with Crippen LogP contribution in [0.15, 0.2) is 18.2 Å². The number of piperazine rings is 1. The van der Waals surface area contributed by atoms with Crippen LogP contribution in [-0.4, -0.2) is 68.4 Å². The van der Waals surface area contributed by atoms with Crippen molar-refractivity contribution in [2.75, 3.05) is 32.8 Å². The first kappa shape index (κ1) is 22.1. The number of nitrogens with zero attached hydrogens (tertiary/aromatic N) is 5. The van der Waals surface area contributed by atoms with Crippen LogP contribution < -0.4 is 0 Å². The number of hydrogen-bond donors (Lipinski definition) is 1. The number of amides is 1. The predicted molar refractivity (Wildman–Crippen MR) is 120 cm³/mol. The molecule has 8 nitrogen and oxygen atoms in total. The molecule has 3 heterocycles. The Balaban J connectivity index is 1.70. The van der Waals surface area contributed by atoms with Gasteiger partial charge in [0.2, 0.25) is 10.8 Å². The van der Waals surface area contributed by atoms with Gasteiger partial charge < -0.3 is 14.7 Å². The van der Waals surface area contributed by atoms with Crippen molar-refractivity contribution in [3.63, 3.8) is 0 Å². The predicted octanol–water partition coefficient (Wildman–Crippen LogP) is 4.23. The Bertz CT molecular complexity index is 1090. The van der Waals surface area contributed by atoms with Gasteiger partial charge >= 0.3 is 6.09 Å². The zero-order valence-electron chi connectivity index (χ0n) is 17.2. The summed E-state index contributed by atoms with van der Waals surface area (Å²) in [6.45, 7) is 6.32. The van der Waals surface area contributed by atoms with Crippen molar-refractivity contribution < 1.29 is 14.6 Å². The number of rotatable bonds is 5. The zero-order chi connectivity index (χ0) is 22.1. The molecule has 0 bridgehead atoms. The summed E-state index contributed by atoms with van der Waals surface area (Å²) in [5.74, 6) is 0.730. The molecule has 1 aliphatic heterocycles. The van der Waals surface area contributed by atoms with Crippen molar-refractivity contribution in [3.8, 4) is 5.88 Å². The highest BCUT2D eigenvalue weighted by molar-refractivity contribution is 7.17. The average Bonchev–Trinajstić information content (AvgIpc) is 3.29. The van der Waals surface area contributed by atoms with Gasteiger partial charge in [0.15, 0.2) is 5.82 Å². The fraction of sp³-hybridized carbons (Fsp3) is 0.450. The molecule has 3 aromatic rings. The number of thiazole rings is 1. The number of carbonyl (C=O) groups is 1. The first-order valence-electron chi connectivity index (χ1n) is 10.1. The number of hydrogen-bond acceptors (Lipinski definition) is 7. The van der Waals surface area contributed by atoms with E-state index < -0.39 is 0 Å². The number of fused-ring (bicyclic) bond motifs is 1. The van der Waals surface area contributed by atoms with Gasteiger partial charge in [-0.3, -0.25) is 4.90 Å². The minimum Gasteiger partial charge on any atom is -0.492 e. The fourth-order valence-corrected chi connectivity index (χ4v) is 5.36. The molecule has 11 heteroatoms. The summed E-state index contributed by atoms with van der Waals surface area (Å²) < 4.78 is 6.60. The van der Waals surface area contributed by atoms with E-state index in [0.29, 0.717) is 64.9 Å². The molecule has 2 aromatic heterocycles. The Labute approximate surface area is 193 Å². The van der Waals surface area contributed by atoms with Gasteiger partial charge in [-0.15, -0.1) is 5.10 Å². The smallest absolute Gasteiger partial charge is 0.409 e. The third-order valence-electron chi connectivity index (χ3n) is 5.27. The second kappa shape index (κ2) is 9.20. The van der Waals surface area contributed by atoms with Crippen LogP contribution >= 0.6 is 34.5 Å². The van der Waals surface area contributed by atoms with Gasteiger partial charge in [0.25, 0.3) is 0 Å². The van der Waals surface area contributed by atoms with Crippen LogP contribution in [0, 0.1) is 0 Å². The summed E-state index contributed by atoms with van der Waals surface area (Å²) in [7, 11) is 0. The Hall–Kier alpha value is -2.07. The molecular formula is C20H23Cl2N5O3S. The topological polar surface area (TPSA) is 83.2 Å². The van der Waals surface area contributed by atoms with E-state index in [-0.39, 0.29) is 18.0 Å². The lowest BCUT2D eigenvalue weighted by Crippen LogP contribution is -2.50. The minimum atomic E-state index is -0.326. The summed E-state index contributed by atoms with van der Waals surface area (Å²) in [6.07, 6.45) is 0.378. The molecule has 0 aliphatic carbocycles. The van der Waals surface area contributed by atoms with E-state index in [1.807, 2.05) is 13.0 Å². The van der Waals surface area contributed by atoms with Crippen molar-refractivity contribution >= 4 is 45.6 Å². The number of aryl methyl sites for hydroxylation is 1. The summed E-state index contributed by atoms with van der Waals surface area (Å²) in [4.78, 5) is 21.8.